The number of rotatable bonds is 6. The molecular weight excluding hydrogens is 228 g/mol. The molecule has 1 heterocycles. The Morgan fingerprint density at radius 2 is 2.39 bits per heavy atom. The van der Waals surface area contributed by atoms with Crippen LogP contribution in [-0.4, -0.2) is 32.9 Å². The molecular formula is C14H22N2O2. The largest absolute Gasteiger partial charge is 0.488 e. The monoisotopic (exact) mass is 250 g/mol. The second kappa shape index (κ2) is 6.07. The fourth-order valence-corrected chi connectivity index (χ4v) is 2.20. The Kier molecular flexibility index (Phi) is 4.44. The third-order valence-electron chi connectivity index (χ3n) is 3.17. The Hall–Kier alpha value is -1.26. The summed E-state index contributed by atoms with van der Waals surface area (Å²) in [4.78, 5) is 0. The molecule has 2 rings (SSSR count). The van der Waals surface area contributed by atoms with Crippen LogP contribution in [0.2, 0.25) is 0 Å². The summed E-state index contributed by atoms with van der Waals surface area (Å²) in [6.07, 6.45) is 1.05. The summed E-state index contributed by atoms with van der Waals surface area (Å²) in [5, 5.41) is 3.42. The number of anilines is 1. The predicted octanol–water partition coefficient (Wildman–Crippen LogP) is 1.64. The maximum atomic E-state index is 5.70. The zero-order valence-electron chi connectivity index (χ0n) is 11.1. The minimum Gasteiger partial charge on any atom is -0.488 e. The van der Waals surface area contributed by atoms with Crippen LogP contribution in [0.4, 0.5) is 5.69 Å². The number of benzene rings is 1. The van der Waals surface area contributed by atoms with Gasteiger partial charge in [0.25, 0.3) is 0 Å². The highest BCUT2D eigenvalue weighted by Crippen LogP contribution is 2.30. The van der Waals surface area contributed by atoms with Crippen LogP contribution in [0.15, 0.2) is 18.2 Å². The molecule has 4 heteroatoms. The number of hydrogen-bond acceptors (Lipinski definition) is 4. The van der Waals surface area contributed by atoms with E-state index in [1.807, 2.05) is 6.07 Å². The molecule has 0 aromatic heterocycles. The van der Waals surface area contributed by atoms with Gasteiger partial charge in [-0.1, -0.05) is 6.92 Å². The molecule has 0 fully saturated rings. The maximum absolute atomic E-state index is 5.70. The van der Waals surface area contributed by atoms with Crippen LogP contribution >= 0.6 is 0 Å². The highest BCUT2D eigenvalue weighted by Gasteiger charge is 2.21. The quantitative estimate of drug-likeness (QED) is 0.806. The normalized spacial score (nSPS) is 19.2. The number of methoxy groups -OCH3 is 1. The molecule has 0 aliphatic carbocycles. The fraction of sp³-hybridized carbons (Fsp3) is 0.571. The van der Waals surface area contributed by atoms with E-state index in [0.29, 0.717) is 12.5 Å². The zero-order valence-corrected chi connectivity index (χ0v) is 11.1. The number of fused-ring (bicyclic) bond motifs is 1. The van der Waals surface area contributed by atoms with Gasteiger partial charge in [0.1, 0.15) is 11.9 Å². The minimum atomic E-state index is 0.141. The molecule has 0 spiro atoms. The number of hydrogen-bond donors (Lipinski definition) is 2. The molecule has 1 aliphatic heterocycles. The Morgan fingerprint density at radius 1 is 1.56 bits per heavy atom. The first-order chi connectivity index (χ1) is 8.72. The molecule has 4 nitrogen and oxygen atoms in total. The topological polar surface area (TPSA) is 56.5 Å². The molecule has 18 heavy (non-hydrogen) atoms. The Balaban J connectivity index is 1.92. The lowest BCUT2D eigenvalue weighted by Crippen LogP contribution is -2.24. The molecule has 0 saturated carbocycles. The molecule has 3 N–H and O–H groups in total. The van der Waals surface area contributed by atoms with Gasteiger partial charge in [0, 0.05) is 32.3 Å². The Bertz CT molecular complexity index is 395. The average Bonchev–Trinajstić information content (AvgIpc) is 2.78. The van der Waals surface area contributed by atoms with Gasteiger partial charge in [-0.3, -0.25) is 0 Å². The molecule has 1 aliphatic rings. The van der Waals surface area contributed by atoms with Gasteiger partial charge in [0.2, 0.25) is 0 Å². The summed E-state index contributed by atoms with van der Waals surface area (Å²) in [5.74, 6) is 1.47. The molecule has 1 aromatic rings. The van der Waals surface area contributed by atoms with E-state index in [0.717, 1.165) is 31.0 Å². The maximum Gasteiger partial charge on any atom is 0.123 e. The van der Waals surface area contributed by atoms with E-state index in [-0.39, 0.29) is 6.10 Å². The second-order valence-corrected chi connectivity index (χ2v) is 4.94. The molecule has 1 aromatic carbocycles. The van der Waals surface area contributed by atoms with Crippen LogP contribution in [0, 0.1) is 5.92 Å². The van der Waals surface area contributed by atoms with Crippen molar-refractivity contribution in [2.45, 2.75) is 19.4 Å². The lowest BCUT2D eigenvalue weighted by molar-refractivity contribution is 0.164. The summed E-state index contributed by atoms with van der Waals surface area (Å²) in [5.41, 5.74) is 8.01. The second-order valence-electron chi connectivity index (χ2n) is 4.94. The van der Waals surface area contributed by atoms with E-state index in [1.54, 1.807) is 7.11 Å². The molecule has 100 valence electrons. The highest BCUT2D eigenvalue weighted by atomic mass is 16.5. The van der Waals surface area contributed by atoms with Gasteiger partial charge in [0.05, 0.1) is 6.61 Å². The molecule has 0 radical (unpaired) electrons. The summed E-state index contributed by atoms with van der Waals surface area (Å²) in [6.45, 7) is 4.42. The SMILES string of the molecule is COCC(C)CNc1ccc2c(c1)CC(CN)O2. The third-order valence-corrected chi connectivity index (χ3v) is 3.17. The molecule has 0 bridgehead atoms. The van der Waals surface area contributed by atoms with Gasteiger partial charge >= 0.3 is 0 Å². The van der Waals surface area contributed by atoms with Crippen molar-refractivity contribution in [1.82, 2.24) is 0 Å². The standard InChI is InChI=1S/C14H22N2O2/c1-10(9-17-2)8-16-12-3-4-14-11(5-12)6-13(7-15)18-14/h3-5,10,13,16H,6-9,15H2,1-2H3. The van der Waals surface area contributed by atoms with Crippen LogP contribution in [0.1, 0.15) is 12.5 Å². The third kappa shape index (κ3) is 3.15. The molecule has 0 saturated heterocycles. The van der Waals surface area contributed by atoms with Gasteiger partial charge in [-0.25, -0.2) is 0 Å². The van der Waals surface area contributed by atoms with Crippen molar-refractivity contribution < 1.29 is 9.47 Å². The van der Waals surface area contributed by atoms with Gasteiger partial charge in [-0.05, 0) is 29.7 Å². The first kappa shape index (κ1) is 13.2. The van der Waals surface area contributed by atoms with Crippen LogP contribution in [-0.2, 0) is 11.2 Å². The zero-order chi connectivity index (χ0) is 13.0. The lowest BCUT2D eigenvalue weighted by atomic mass is 10.1. The highest BCUT2D eigenvalue weighted by molar-refractivity contribution is 5.52. The number of ether oxygens (including phenoxy) is 2. The lowest BCUT2D eigenvalue weighted by Gasteiger charge is -2.13. The van der Waals surface area contributed by atoms with Crippen molar-refractivity contribution in [3.8, 4) is 5.75 Å². The summed E-state index contributed by atoms with van der Waals surface area (Å²) in [7, 11) is 1.73. The fourth-order valence-electron chi connectivity index (χ4n) is 2.20. The smallest absolute Gasteiger partial charge is 0.123 e. The van der Waals surface area contributed by atoms with E-state index in [4.69, 9.17) is 15.2 Å². The van der Waals surface area contributed by atoms with E-state index in [9.17, 15) is 0 Å². The van der Waals surface area contributed by atoms with Crippen molar-refractivity contribution in [3.63, 3.8) is 0 Å². The van der Waals surface area contributed by atoms with Crippen LogP contribution < -0.4 is 15.8 Å². The molecule has 0 amide bonds. The predicted molar refractivity (Wildman–Crippen MR) is 73.1 cm³/mol. The van der Waals surface area contributed by atoms with E-state index in [2.05, 4.69) is 24.4 Å². The summed E-state index contributed by atoms with van der Waals surface area (Å²) in [6, 6.07) is 6.23. The molecule has 2 unspecified atom stereocenters. The van der Waals surface area contributed by atoms with Gasteiger partial charge in [-0.2, -0.15) is 0 Å². The van der Waals surface area contributed by atoms with Crippen molar-refractivity contribution >= 4 is 5.69 Å². The van der Waals surface area contributed by atoms with E-state index < -0.39 is 0 Å². The van der Waals surface area contributed by atoms with E-state index >= 15 is 0 Å². The van der Waals surface area contributed by atoms with Crippen LogP contribution in [0.5, 0.6) is 5.75 Å². The first-order valence-corrected chi connectivity index (χ1v) is 6.45. The van der Waals surface area contributed by atoms with Gasteiger partial charge in [0.15, 0.2) is 0 Å². The summed E-state index contributed by atoms with van der Waals surface area (Å²) < 4.78 is 10.8. The first-order valence-electron chi connectivity index (χ1n) is 6.45. The number of nitrogens with two attached hydrogens (primary N) is 1. The van der Waals surface area contributed by atoms with Gasteiger partial charge < -0.3 is 20.5 Å². The minimum absolute atomic E-state index is 0.141. The Morgan fingerprint density at radius 3 is 3.11 bits per heavy atom. The van der Waals surface area contributed by atoms with Crippen LogP contribution in [0.3, 0.4) is 0 Å². The van der Waals surface area contributed by atoms with Crippen LogP contribution in [0.25, 0.3) is 0 Å². The Labute approximate surface area is 108 Å². The van der Waals surface area contributed by atoms with Crippen molar-refractivity contribution in [1.29, 1.82) is 0 Å². The number of nitrogens with one attached hydrogen (secondary N) is 1. The molecule has 2 atom stereocenters. The van der Waals surface area contributed by atoms with Gasteiger partial charge in [-0.15, -0.1) is 0 Å². The summed E-state index contributed by atoms with van der Waals surface area (Å²) >= 11 is 0. The van der Waals surface area contributed by atoms with E-state index in [1.165, 1.54) is 5.56 Å². The van der Waals surface area contributed by atoms with Crippen molar-refractivity contribution in [2.24, 2.45) is 11.7 Å². The van der Waals surface area contributed by atoms with Crippen molar-refractivity contribution in [3.05, 3.63) is 23.8 Å². The van der Waals surface area contributed by atoms with Crippen molar-refractivity contribution in [2.75, 3.05) is 32.1 Å². The average molecular weight is 250 g/mol.